The zero-order valence-electron chi connectivity index (χ0n) is 18.8. The molecular weight excluding hydrogens is 423 g/mol. The minimum Gasteiger partial charge on any atom is -0.396 e. The van der Waals surface area contributed by atoms with Gasteiger partial charge in [0.15, 0.2) is 5.82 Å². The second kappa shape index (κ2) is 10.0. The van der Waals surface area contributed by atoms with Crippen LogP contribution in [0.2, 0.25) is 0 Å². The molecule has 0 radical (unpaired) electrons. The van der Waals surface area contributed by atoms with Gasteiger partial charge in [-0.25, -0.2) is 9.07 Å². The highest BCUT2D eigenvalue weighted by atomic mass is 19.1. The summed E-state index contributed by atoms with van der Waals surface area (Å²) in [5, 5.41) is 22.4. The summed E-state index contributed by atoms with van der Waals surface area (Å²) in [6.07, 6.45) is 0.559. The van der Waals surface area contributed by atoms with Crippen LogP contribution in [0, 0.1) is 19.7 Å². The van der Waals surface area contributed by atoms with Crippen molar-refractivity contribution >= 4 is 10.9 Å². The number of aromatic amines is 1. The first kappa shape index (κ1) is 22.8. The van der Waals surface area contributed by atoms with E-state index in [0.29, 0.717) is 44.0 Å². The van der Waals surface area contributed by atoms with Crippen molar-refractivity contribution in [2.24, 2.45) is 0 Å². The van der Waals surface area contributed by atoms with Gasteiger partial charge in [0.25, 0.3) is 5.56 Å². The molecule has 2 heterocycles. The Kier molecular flexibility index (Phi) is 6.90. The summed E-state index contributed by atoms with van der Waals surface area (Å²) >= 11 is 0. The van der Waals surface area contributed by atoms with Gasteiger partial charge in [-0.1, -0.05) is 24.3 Å². The van der Waals surface area contributed by atoms with Crippen molar-refractivity contribution in [3.05, 3.63) is 86.7 Å². The number of rotatable bonds is 9. The fraction of sp³-hybridized carbons (Fsp3) is 0.333. The summed E-state index contributed by atoms with van der Waals surface area (Å²) in [7, 11) is 0. The fourth-order valence-corrected chi connectivity index (χ4v) is 3.91. The van der Waals surface area contributed by atoms with Crippen molar-refractivity contribution in [1.29, 1.82) is 0 Å². The largest absolute Gasteiger partial charge is 0.396 e. The molecule has 2 N–H and O–H groups in total. The molecule has 0 atom stereocenters. The molecular formula is C24H27FN6O2. The lowest BCUT2D eigenvalue weighted by molar-refractivity contribution is 0.206. The van der Waals surface area contributed by atoms with Crippen molar-refractivity contribution in [1.82, 2.24) is 30.1 Å². The predicted molar refractivity (Wildman–Crippen MR) is 123 cm³/mol. The maximum absolute atomic E-state index is 13.2. The minimum absolute atomic E-state index is 0.0450. The van der Waals surface area contributed by atoms with Crippen LogP contribution in [-0.4, -0.2) is 48.3 Å². The third kappa shape index (κ3) is 5.32. The highest BCUT2D eigenvalue weighted by Gasteiger charge is 2.16. The zero-order valence-corrected chi connectivity index (χ0v) is 18.8. The number of aliphatic hydroxyl groups is 1. The Hall–Kier alpha value is -3.43. The van der Waals surface area contributed by atoms with Crippen LogP contribution in [0.25, 0.3) is 10.9 Å². The number of benzene rings is 2. The summed E-state index contributed by atoms with van der Waals surface area (Å²) in [4.78, 5) is 17.9. The maximum atomic E-state index is 13.2. The molecule has 0 saturated heterocycles. The SMILES string of the molecule is Cc1ccc(C)c2[nH]c(=O)c(CN(CCCO)Cc3nnnn3Cc3ccc(F)cc3)cc12. The smallest absolute Gasteiger partial charge is 0.252 e. The van der Waals surface area contributed by atoms with Crippen LogP contribution >= 0.6 is 0 Å². The maximum Gasteiger partial charge on any atom is 0.252 e. The molecule has 0 aliphatic carbocycles. The van der Waals surface area contributed by atoms with Crippen LogP contribution < -0.4 is 5.56 Å². The molecule has 4 rings (SSSR count). The number of aromatic nitrogens is 5. The number of fused-ring (bicyclic) bond motifs is 1. The average molecular weight is 451 g/mol. The minimum atomic E-state index is -0.295. The molecule has 4 aromatic rings. The number of pyridine rings is 1. The Balaban J connectivity index is 1.58. The number of aliphatic hydroxyl groups excluding tert-OH is 1. The van der Waals surface area contributed by atoms with Crippen LogP contribution in [-0.2, 0) is 19.6 Å². The summed E-state index contributed by atoms with van der Waals surface area (Å²) < 4.78 is 14.9. The van der Waals surface area contributed by atoms with Crippen molar-refractivity contribution in [2.45, 2.75) is 39.9 Å². The van der Waals surface area contributed by atoms with Crippen molar-refractivity contribution in [3.63, 3.8) is 0 Å². The third-order valence-electron chi connectivity index (χ3n) is 5.76. The van der Waals surface area contributed by atoms with Gasteiger partial charge in [-0.3, -0.25) is 9.69 Å². The standard InChI is InChI=1S/C24H27FN6O2/c1-16-4-5-17(2)23-21(16)12-19(24(33)26-23)14-30(10-3-11-32)15-22-27-28-29-31(22)13-18-6-8-20(25)9-7-18/h4-9,12,32H,3,10-11,13-15H2,1-2H3,(H,26,33). The number of halogens is 1. The molecule has 9 heteroatoms. The third-order valence-corrected chi connectivity index (χ3v) is 5.76. The molecule has 8 nitrogen and oxygen atoms in total. The number of nitrogens with zero attached hydrogens (tertiary/aromatic N) is 5. The molecule has 0 saturated carbocycles. The first-order valence-corrected chi connectivity index (χ1v) is 10.9. The molecule has 0 unspecified atom stereocenters. The van der Waals surface area contributed by atoms with E-state index >= 15 is 0 Å². The lowest BCUT2D eigenvalue weighted by Crippen LogP contribution is -2.29. The van der Waals surface area contributed by atoms with E-state index in [9.17, 15) is 14.3 Å². The van der Waals surface area contributed by atoms with Crippen LogP contribution in [0.4, 0.5) is 4.39 Å². The van der Waals surface area contributed by atoms with E-state index in [4.69, 9.17) is 0 Å². The Morgan fingerprint density at radius 1 is 1.09 bits per heavy atom. The average Bonchev–Trinajstić information content (AvgIpc) is 3.23. The monoisotopic (exact) mass is 450 g/mol. The molecule has 0 fully saturated rings. The Morgan fingerprint density at radius 3 is 2.61 bits per heavy atom. The number of nitrogens with one attached hydrogen (secondary N) is 1. The fourth-order valence-electron chi connectivity index (χ4n) is 3.91. The molecule has 0 amide bonds. The van der Waals surface area contributed by atoms with Gasteiger partial charge < -0.3 is 10.1 Å². The van der Waals surface area contributed by atoms with Gasteiger partial charge in [-0.05, 0) is 65.6 Å². The normalized spacial score (nSPS) is 11.5. The van der Waals surface area contributed by atoms with Gasteiger partial charge in [0, 0.05) is 30.6 Å². The van der Waals surface area contributed by atoms with E-state index in [1.54, 1.807) is 16.8 Å². The van der Waals surface area contributed by atoms with Gasteiger partial charge in [-0.2, -0.15) is 0 Å². The number of tetrazole rings is 1. The van der Waals surface area contributed by atoms with Gasteiger partial charge in [0.1, 0.15) is 5.82 Å². The molecule has 172 valence electrons. The Bertz CT molecular complexity index is 1300. The zero-order chi connectivity index (χ0) is 23.4. The second-order valence-electron chi connectivity index (χ2n) is 8.28. The molecule has 0 spiro atoms. The van der Waals surface area contributed by atoms with E-state index < -0.39 is 0 Å². The van der Waals surface area contributed by atoms with E-state index in [1.165, 1.54) is 12.1 Å². The molecule has 2 aromatic heterocycles. The van der Waals surface area contributed by atoms with Crippen LogP contribution in [0.3, 0.4) is 0 Å². The number of H-pyrrole nitrogens is 1. The molecule has 33 heavy (non-hydrogen) atoms. The van der Waals surface area contributed by atoms with Crippen LogP contribution in [0.5, 0.6) is 0 Å². The highest BCUT2D eigenvalue weighted by molar-refractivity contribution is 5.85. The molecule has 0 bridgehead atoms. The summed E-state index contributed by atoms with van der Waals surface area (Å²) in [5.41, 5.74) is 4.37. The van der Waals surface area contributed by atoms with Crippen molar-refractivity contribution in [2.75, 3.05) is 13.2 Å². The van der Waals surface area contributed by atoms with E-state index in [0.717, 1.165) is 27.6 Å². The highest BCUT2D eigenvalue weighted by Crippen LogP contribution is 2.20. The topological polar surface area (TPSA) is 99.9 Å². The van der Waals surface area contributed by atoms with Gasteiger partial charge >= 0.3 is 0 Å². The number of hydrogen-bond donors (Lipinski definition) is 2. The first-order chi connectivity index (χ1) is 15.9. The molecule has 0 aliphatic rings. The number of hydrogen-bond acceptors (Lipinski definition) is 6. The molecule has 0 aliphatic heterocycles. The lowest BCUT2D eigenvalue weighted by atomic mass is 10.0. The second-order valence-corrected chi connectivity index (χ2v) is 8.28. The van der Waals surface area contributed by atoms with Gasteiger partial charge in [0.05, 0.1) is 18.6 Å². The van der Waals surface area contributed by atoms with Crippen molar-refractivity contribution < 1.29 is 9.50 Å². The predicted octanol–water partition coefficient (Wildman–Crippen LogP) is 2.70. The van der Waals surface area contributed by atoms with E-state index in [2.05, 4.69) is 20.5 Å². The summed E-state index contributed by atoms with van der Waals surface area (Å²) in [6, 6.07) is 12.2. The quantitative estimate of drug-likeness (QED) is 0.407. The van der Waals surface area contributed by atoms with E-state index in [-0.39, 0.29) is 18.0 Å². The van der Waals surface area contributed by atoms with Crippen molar-refractivity contribution in [3.8, 4) is 0 Å². The summed E-state index contributed by atoms with van der Waals surface area (Å²) in [5.74, 6) is 0.332. The number of aryl methyl sites for hydroxylation is 2. The Morgan fingerprint density at radius 2 is 1.85 bits per heavy atom. The summed E-state index contributed by atoms with van der Waals surface area (Å²) in [6.45, 7) is 5.82. The van der Waals surface area contributed by atoms with Crippen LogP contribution in [0.15, 0.2) is 47.3 Å². The van der Waals surface area contributed by atoms with E-state index in [1.807, 2.05) is 36.9 Å². The van der Waals surface area contributed by atoms with Crippen LogP contribution in [0.1, 0.15) is 34.5 Å². The Labute approximate surface area is 190 Å². The first-order valence-electron chi connectivity index (χ1n) is 10.9. The molecule has 2 aromatic carbocycles. The van der Waals surface area contributed by atoms with Gasteiger partial charge in [-0.15, -0.1) is 5.10 Å². The van der Waals surface area contributed by atoms with Gasteiger partial charge in [0.2, 0.25) is 0 Å². The lowest BCUT2D eigenvalue weighted by Gasteiger charge is -2.21.